The zero-order valence-corrected chi connectivity index (χ0v) is 10.5. The molecule has 1 unspecified atom stereocenters. The molecule has 1 saturated heterocycles. The van der Waals surface area contributed by atoms with Crippen LogP contribution in [0, 0.1) is 5.95 Å². The molecular weight excluding hydrogens is 268 g/mol. The zero-order valence-electron chi connectivity index (χ0n) is 8.97. The number of halogens is 3. The highest BCUT2D eigenvalue weighted by molar-refractivity contribution is 6.40. The molecule has 1 aromatic heterocycles. The normalized spacial score (nSPS) is 19.6. The summed E-state index contributed by atoms with van der Waals surface area (Å²) in [6, 6.07) is 0. The molecule has 1 aliphatic heterocycles. The van der Waals surface area contributed by atoms with Crippen LogP contribution in [0.4, 0.5) is 15.9 Å². The van der Waals surface area contributed by atoms with Gasteiger partial charge in [0, 0.05) is 13.2 Å². The Morgan fingerprint density at radius 3 is 2.88 bits per heavy atom. The van der Waals surface area contributed by atoms with Gasteiger partial charge in [0.25, 0.3) is 0 Å². The van der Waals surface area contributed by atoms with Gasteiger partial charge in [-0.1, -0.05) is 23.2 Å². The summed E-state index contributed by atoms with van der Waals surface area (Å²) in [6.07, 6.45) is 2.11. The van der Waals surface area contributed by atoms with Crippen LogP contribution < -0.4 is 11.1 Å². The van der Waals surface area contributed by atoms with E-state index in [1.165, 1.54) is 0 Å². The van der Waals surface area contributed by atoms with Crippen molar-refractivity contribution in [2.45, 2.75) is 18.9 Å². The predicted molar refractivity (Wildman–Crippen MR) is 66.1 cm³/mol. The molecule has 0 radical (unpaired) electrons. The van der Waals surface area contributed by atoms with Crippen molar-refractivity contribution in [1.29, 1.82) is 0 Å². The summed E-state index contributed by atoms with van der Waals surface area (Å²) in [5.41, 5.74) is 5.55. The summed E-state index contributed by atoms with van der Waals surface area (Å²) in [5.74, 6) is -0.634. The standard InChI is InChI=1S/C10H12Cl2FN3O/c11-6-8(14)7(12)10(16-9(6)13)15-4-5-2-1-3-17-5/h5H,1-4H2,(H3,14,15,16). The van der Waals surface area contributed by atoms with Gasteiger partial charge in [-0.15, -0.1) is 0 Å². The predicted octanol–water partition coefficient (Wildman–Crippen LogP) is 2.70. The first kappa shape index (κ1) is 12.7. The van der Waals surface area contributed by atoms with Crippen molar-refractivity contribution in [3.05, 3.63) is 16.0 Å². The molecule has 0 spiro atoms. The third-order valence-corrected chi connectivity index (χ3v) is 3.34. The number of rotatable bonds is 3. The Kier molecular flexibility index (Phi) is 3.91. The van der Waals surface area contributed by atoms with Crippen LogP contribution >= 0.6 is 23.2 Å². The van der Waals surface area contributed by atoms with Crippen molar-refractivity contribution in [2.24, 2.45) is 0 Å². The van der Waals surface area contributed by atoms with Crippen LogP contribution in [-0.2, 0) is 4.74 Å². The fourth-order valence-corrected chi connectivity index (χ4v) is 2.05. The fraction of sp³-hybridized carbons (Fsp3) is 0.500. The Morgan fingerprint density at radius 1 is 1.47 bits per heavy atom. The minimum atomic E-state index is -0.830. The second-order valence-corrected chi connectivity index (χ2v) is 4.56. The van der Waals surface area contributed by atoms with Crippen molar-refractivity contribution >= 4 is 34.7 Å². The van der Waals surface area contributed by atoms with Gasteiger partial charge in [-0.05, 0) is 12.8 Å². The molecule has 0 amide bonds. The maximum Gasteiger partial charge on any atom is 0.235 e. The third kappa shape index (κ3) is 2.73. The second kappa shape index (κ2) is 5.25. The van der Waals surface area contributed by atoms with Gasteiger partial charge >= 0.3 is 0 Å². The van der Waals surface area contributed by atoms with E-state index >= 15 is 0 Å². The molecule has 7 heteroatoms. The van der Waals surface area contributed by atoms with Crippen molar-refractivity contribution < 1.29 is 9.13 Å². The highest BCUT2D eigenvalue weighted by Crippen LogP contribution is 2.33. The van der Waals surface area contributed by atoms with Gasteiger partial charge in [0.1, 0.15) is 15.9 Å². The van der Waals surface area contributed by atoms with E-state index in [0.29, 0.717) is 6.54 Å². The number of aromatic nitrogens is 1. The Balaban J connectivity index is 2.10. The Bertz CT molecular complexity index is 425. The van der Waals surface area contributed by atoms with Gasteiger partial charge in [0.05, 0.1) is 11.8 Å². The molecular formula is C10H12Cl2FN3O. The van der Waals surface area contributed by atoms with E-state index in [0.717, 1.165) is 19.4 Å². The number of nitrogens with zero attached hydrogens (tertiary/aromatic N) is 1. The second-order valence-electron chi connectivity index (χ2n) is 3.81. The smallest absolute Gasteiger partial charge is 0.235 e. The van der Waals surface area contributed by atoms with Crippen molar-refractivity contribution in [3.8, 4) is 0 Å². The quantitative estimate of drug-likeness (QED) is 0.836. The van der Waals surface area contributed by atoms with Crippen LogP contribution in [0.2, 0.25) is 10.0 Å². The first-order valence-electron chi connectivity index (χ1n) is 5.25. The summed E-state index contributed by atoms with van der Waals surface area (Å²) in [5, 5.41) is 2.80. The summed E-state index contributed by atoms with van der Waals surface area (Å²) < 4.78 is 18.7. The van der Waals surface area contributed by atoms with Crippen LogP contribution in [0.1, 0.15) is 12.8 Å². The molecule has 2 heterocycles. The summed E-state index contributed by atoms with van der Waals surface area (Å²) in [4.78, 5) is 3.62. The minimum absolute atomic E-state index is 0.00401. The molecule has 17 heavy (non-hydrogen) atoms. The van der Waals surface area contributed by atoms with E-state index in [4.69, 9.17) is 33.7 Å². The SMILES string of the molecule is Nc1c(Cl)c(F)nc(NCC2CCCO2)c1Cl. The van der Waals surface area contributed by atoms with Gasteiger partial charge in [0.2, 0.25) is 5.95 Å². The number of nitrogens with one attached hydrogen (secondary N) is 1. The van der Waals surface area contributed by atoms with Gasteiger partial charge in [0.15, 0.2) is 0 Å². The van der Waals surface area contributed by atoms with E-state index in [-0.39, 0.29) is 27.7 Å². The molecule has 4 nitrogen and oxygen atoms in total. The maximum atomic E-state index is 13.3. The Hall–Kier alpha value is -0.780. The van der Waals surface area contributed by atoms with E-state index < -0.39 is 5.95 Å². The van der Waals surface area contributed by atoms with Gasteiger partial charge < -0.3 is 15.8 Å². The van der Waals surface area contributed by atoms with E-state index in [1.807, 2.05) is 0 Å². The maximum absolute atomic E-state index is 13.3. The monoisotopic (exact) mass is 279 g/mol. The van der Waals surface area contributed by atoms with Gasteiger partial charge in [-0.25, -0.2) is 0 Å². The van der Waals surface area contributed by atoms with Crippen LogP contribution in [0.5, 0.6) is 0 Å². The summed E-state index contributed by atoms with van der Waals surface area (Å²) >= 11 is 11.5. The topological polar surface area (TPSA) is 60.2 Å². The summed E-state index contributed by atoms with van der Waals surface area (Å²) in [6.45, 7) is 1.28. The molecule has 0 aliphatic carbocycles. The molecule has 1 aliphatic rings. The largest absolute Gasteiger partial charge is 0.396 e. The lowest BCUT2D eigenvalue weighted by Gasteiger charge is -2.13. The fourth-order valence-electron chi connectivity index (χ4n) is 1.66. The van der Waals surface area contributed by atoms with Crippen LogP contribution in [0.15, 0.2) is 0 Å². The number of pyridine rings is 1. The average Bonchev–Trinajstić information content (AvgIpc) is 2.82. The molecule has 2 rings (SSSR count). The molecule has 1 fully saturated rings. The molecule has 0 saturated carbocycles. The number of nitrogen functional groups attached to an aromatic ring is 1. The Labute approximate surface area is 108 Å². The molecule has 1 atom stereocenters. The minimum Gasteiger partial charge on any atom is -0.396 e. The zero-order chi connectivity index (χ0) is 12.4. The lowest BCUT2D eigenvalue weighted by Crippen LogP contribution is -2.19. The first-order valence-corrected chi connectivity index (χ1v) is 6.00. The van der Waals surface area contributed by atoms with E-state index in [1.54, 1.807) is 0 Å². The molecule has 94 valence electrons. The number of ether oxygens (including phenoxy) is 1. The van der Waals surface area contributed by atoms with E-state index in [2.05, 4.69) is 10.3 Å². The van der Waals surface area contributed by atoms with Gasteiger partial charge in [-0.2, -0.15) is 9.37 Å². The van der Waals surface area contributed by atoms with Crippen molar-refractivity contribution in [2.75, 3.05) is 24.2 Å². The van der Waals surface area contributed by atoms with Crippen molar-refractivity contribution in [1.82, 2.24) is 4.98 Å². The first-order chi connectivity index (χ1) is 8.09. The lowest BCUT2D eigenvalue weighted by molar-refractivity contribution is 0.120. The number of hydrogen-bond donors (Lipinski definition) is 2. The molecule has 0 bridgehead atoms. The number of hydrogen-bond acceptors (Lipinski definition) is 4. The number of nitrogens with two attached hydrogens (primary N) is 1. The third-order valence-electron chi connectivity index (χ3n) is 2.59. The van der Waals surface area contributed by atoms with Crippen LogP contribution in [0.3, 0.4) is 0 Å². The van der Waals surface area contributed by atoms with Crippen molar-refractivity contribution in [3.63, 3.8) is 0 Å². The number of anilines is 2. The average molecular weight is 280 g/mol. The molecule has 1 aromatic rings. The highest BCUT2D eigenvalue weighted by atomic mass is 35.5. The van der Waals surface area contributed by atoms with Gasteiger partial charge in [-0.3, -0.25) is 0 Å². The molecule has 3 N–H and O–H groups in total. The summed E-state index contributed by atoms with van der Waals surface area (Å²) in [7, 11) is 0. The van der Waals surface area contributed by atoms with Crippen LogP contribution in [0.25, 0.3) is 0 Å². The lowest BCUT2D eigenvalue weighted by atomic mass is 10.2. The van der Waals surface area contributed by atoms with E-state index in [9.17, 15) is 4.39 Å². The Morgan fingerprint density at radius 2 is 2.24 bits per heavy atom. The van der Waals surface area contributed by atoms with Crippen LogP contribution in [-0.4, -0.2) is 24.2 Å². The highest BCUT2D eigenvalue weighted by Gasteiger charge is 2.18. The molecule has 0 aromatic carbocycles.